The van der Waals surface area contributed by atoms with Gasteiger partial charge in [-0.15, -0.1) is 0 Å². The number of hydrogen-bond acceptors (Lipinski definition) is 3. The fraction of sp³-hybridized carbons (Fsp3) is 0.867. The maximum Gasteiger partial charge on any atom is 0.524 e. The van der Waals surface area contributed by atoms with E-state index in [1.54, 1.807) is 0 Å². The normalized spacial score (nSPS) is 12.1. The van der Waals surface area contributed by atoms with Crippen LogP contribution in [0, 0.1) is 0 Å². The molecule has 0 aromatic carbocycles. The Morgan fingerprint density at radius 1 is 0.905 bits per heavy atom. The largest absolute Gasteiger partial charge is 0.524 e. The lowest BCUT2D eigenvalue weighted by atomic mass is 10.1. The van der Waals surface area contributed by atoms with Gasteiger partial charge in [0.25, 0.3) is 0 Å². The van der Waals surface area contributed by atoms with Crippen LogP contribution in [0.2, 0.25) is 0 Å². The summed E-state index contributed by atoms with van der Waals surface area (Å²) < 4.78 is 19.8. The molecule has 0 spiro atoms. The molecule has 0 aromatic rings. The smallest absolute Gasteiger partial charge is 0.412 e. The molecular formula is C15H31O5P. The molecule has 0 aliphatic heterocycles. The predicted octanol–water partition coefficient (Wildman–Crippen LogP) is 4.55. The zero-order valence-electron chi connectivity index (χ0n) is 13.2. The molecule has 126 valence electrons. The standard InChI is InChI=1S/C15H31O5P/c1-2-3-4-5-6-7-8-9-10-11-13-19-14-12-15-20-21(16,17)18/h12,15H,2-11,13-14H2,1H3,(H2,16,17,18). The molecule has 21 heavy (non-hydrogen) atoms. The molecule has 5 nitrogen and oxygen atoms in total. The van der Waals surface area contributed by atoms with Gasteiger partial charge in [-0.2, -0.15) is 0 Å². The van der Waals surface area contributed by atoms with Gasteiger partial charge < -0.3 is 9.26 Å². The van der Waals surface area contributed by atoms with E-state index in [2.05, 4.69) is 11.4 Å². The van der Waals surface area contributed by atoms with Gasteiger partial charge in [-0.3, -0.25) is 9.79 Å². The second kappa shape index (κ2) is 14.6. The third-order valence-corrected chi connectivity index (χ3v) is 3.55. The summed E-state index contributed by atoms with van der Waals surface area (Å²) in [6, 6.07) is 0. The maximum atomic E-state index is 10.3. The molecule has 0 saturated carbocycles. The van der Waals surface area contributed by atoms with E-state index < -0.39 is 7.82 Å². The van der Waals surface area contributed by atoms with Crippen molar-refractivity contribution in [3.8, 4) is 0 Å². The fourth-order valence-corrected chi connectivity index (χ4v) is 2.25. The van der Waals surface area contributed by atoms with E-state index >= 15 is 0 Å². The Hall–Kier alpha value is -0.350. The molecule has 2 N–H and O–H groups in total. The maximum absolute atomic E-state index is 10.3. The minimum atomic E-state index is -4.39. The zero-order chi connectivity index (χ0) is 15.8. The number of phosphoric acid groups is 1. The van der Waals surface area contributed by atoms with Gasteiger partial charge in [0.15, 0.2) is 0 Å². The van der Waals surface area contributed by atoms with Gasteiger partial charge in [0.2, 0.25) is 0 Å². The summed E-state index contributed by atoms with van der Waals surface area (Å²) in [5.74, 6) is 0. The van der Waals surface area contributed by atoms with Crippen LogP contribution in [0.3, 0.4) is 0 Å². The molecule has 0 heterocycles. The monoisotopic (exact) mass is 322 g/mol. The molecule has 0 amide bonds. The third-order valence-electron chi connectivity index (χ3n) is 3.15. The van der Waals surface area contributed by atoms with Crippen LogP contribution in [0.1, 0.15) is 71.1 Å². The summed E-state index contributed by atoms with van der Waals surface area (Å²) in [6.07, 6.45) is 15.3. The molecule has 0 aliphatic rings. The molecule has 0 aromatic heterocycles. The third kappa shape index (κ3) is 19.6. The van der Waals surface area contributed by atoms with Gasteiger partial charge >= 0.3 is 7.82 Å². The van der Waals surface area contributed by atoms with Crippen LogP contribution in [0.25, 0.3) is 0 Å². The molecule has 0 rings (SSSR count). The summed E-state index contributed by atoms with van der Waals surface area (Å²) in [4.78, 5) is 16.8. The van der Waals surface area contributed by atoms with Crippen LogP contribution < -0.4 is 0 Å². The number of unbranched alkanes of at least 4 members (excludes halogenated alkanes) is 9. The van der Waals surface area contributed by atoms with Crippen LogP contribution in [0.15, 0.2) is 12.3 Å². The van der Waals surface area contributed by atoms with E-state index in [9.17, 15) is 4.57 Å². The molecule has 0 radical (unpaired) electrons. The first-order chi connectivity index (χ1) is 10.1. The summed E-state index contributed by atoms with van der Waals surface area (Å²) in [5.41, 5.74) is 0. The quantitative estimate of drug-likeness (QED) is 0.263. The summed E-state index contributed by atoms with van der Waals surface area (Å²) >= 11 is 0. The van der Waals surface area contributed by atoms with Crippen molar-refractivity contribution in [2.24, 2.45) is 0 Å². The van der Waals surface area contributed by atoms with Crippen LogP contribution in [0.5, 0.6) is 0 Å². The topological polar surface area (TPSA) is 76.0 Å². The first kappa shape index (κ1) is 20.6. The van der Waals surface area contributed by atoms with Crippen molar-refractivity contribution in [3.05, 3.63) is 12.3 Å². The Kier molecular flexibility index (Phi) is 14.3. The van der Waals surface area contributed by atoms with Crippen molar-refractivity contribution in [1.29, 1.82) is 0 Å². The van der Waals surface area contributed by atoms with Crippen molar-refractivity contribution in [2.75, 3.05) is 13.2 Å². The van der Waals surface area contributed by atoms with Crippen molar-refractivity contribution < 1.29 is 23.6 Å². The fourth-order valence-electron chi connectivity index (χ4n) is 2.00. The van der Waals surface area contributed by atoms with Gasteiger partial charge in [-0.05, 0) is 12.5 Å². The highest BCUT2D eigenvalue weighted by molar-refractivity contribution is 7.46. The zero-order valence-corrected chi connectivity index (χ0v) is 14.1. The first-order valence-corrected chi connectivity index (χ1v) is 9.56. The molecule has 0 bridgehead atoms. The second-order valence-electron chi connectivity index (χ2n) is 5.22. The number of ether oxygens (including phenoxy) is 1. The van der Waals surface area contributed by atoms with E-state index in [-0.39, 0.29) is 0 Å². The summed E-state index contributed by atoms with van der Waals surface area (Å²) in [6.45, 7) is 3.23. The van der Waals surface area contributed by atoms with Gasteiger partial charge in [0.05, 0.1) is 12.9 Å². The lowest BCUT2D eigenvalue weighted by molar-refractivity contribution is 0.155. The Morgan fingerprint density at radius 2 is 1.43 bits per heavy atom. The molecule has 0 atom stereocenters. The molecule has 0 fully saturated rings. The van der Waals surface area contributed by atoms with Gasteiger partial charge in [-0.25, -0.2) is 4.57 Å². The van der Waals surface area contributed by atoms with Crippen LogP contribution in [-0.2, 0) is 13.8 Å². The Morgan fingerprint density at radius 3 is 1.95 bits per heavy atom. The Balaban J connectivity index is 3.11. The van der Waals surface area contributed by atoms with E-state index in [1.165, 1.54) is 63.9 Å². The number of hydrogen-bond donors (Lipinski definition) is 2. The number of phosphoric ester groups is 1. The van der Waals surface area contributed by atoms with E-state index in [0.717, 1.165) is 12.7 Å². The minimum absolute atomic E-state index is 0.317. The average Bonchev–Trinajstić information content (AvgIpc) is 2.42. The lowest BCUT2D eigenvalue weighted by Crippen LogP contribution is -1.94. The molecule has 0 saturated heterocycles. The summed E-state index contributed by atoms with van der Waals surface area (Å²) in [7, 11) is -4.39. The summed E-state index contributed by atoms with van der Waals surface area (Å²) in [5, 5.41) is 0. The van der Waals surface area contributed by atoms with Crippen LogP contribution in [0.4, 0.5) is 0 Å². The second-order valence-corrected chi connectivity index (χ2v) is 6.42. The Bertz CT molecular complexity index is 288. The van der Waals surface area contributed by atoms with Gasteiger partial charge in [0, 0.05) is 6.61 Å². The Labute approximate surface area is 129 Å². The molecule has 6 heteroatoms. The van der Waals surface area contributed by atoms with Gasteiger partial charge in [0.1, 0.15) is 0 Å². The average molecular weight is 322 g/mol. The van der Waals surface area contributed by atoms with Crippen LogP contribution in [-0.4, -0.2) is 23.0 Å². The predicted molar refractivity (Wildman–Crippen MR) is 84.9 cm³/mol. The van der Waals surface area contributed by atoms with Crippen molar-refractivity contribution >= 4 is 7.82 Å². The highest BCUT2D eigenvalue weighted by Crippen LogP contribution is 2.35. The molecule has 0 aliphatic carbocycles. The van der Waals surface area contributed by atoms with Crippen molar-refractivity contribution in [1.82, 2.24) is 0 Å². The SMILES string of the molecule is CCCCCCCCCCCCOCC=COP(=O)(O)O. The van der Waals surface area contributed by atoms with E-state index in [0.29, 0.717) is 13.2 Å². The molecular weight excluding hydrogens is 291 g/mol. The van der Waals surface area contributed by atoms with Crippen LogP contribution >= 0.6 is 7.82 Å². The molecule has 0 unspecified atom stereocenters. The minimum Gasteiger partial charge on any atom is -0.412 e. The highest BCUT2D eigenvalue weighted by atomic mass is 31.2. The first-order valence-electron chi connectivity index (χ1n) is 8.03. The van der Waals surface area contributed by atoms with E-state index in [1.807, 2.05) is 0 Å². The number of rotatable bonds is 15. The van der Waals surface area contributed by atoms with Gasteiger partial charge in [-0.1, -0.05) is 64.7 Å². The van der Waals surface area contributed by atoms with Crippen molar-refractivity contribution in [2.45, 2.75) is 71.1 Å². The lowest BCUT2D eigenvalue weighted by Gasteiger charge is -2.03. The highest BCUT2D eigenvalue weighted by Gasteiger charge is 2.10. The van der Waals surface area contributed by atoms with E-state index in [4.69, 9.17) is 14.5 Å². The van der Waals surface area contributed by atoms with Crippen molar-refractivity contribution in [3.63, 3.8) is 0 Å².